The number of hydrogen-bond acceptors (Lipinski definition) is 3. The molecule has 33 heavy (non-hydrogen) atoms. The second kappa shape index (κ2) is 17.7. The van der Waals surface area contributed by atoms with E-state index < -0.39 is 12.1 Å². The van der Waals surface area contributed by atoms with Crippen LogP contribution in [0.2, 0.25) is 0 Å². The summed E-state index contributed by atoms with van der Waals surface area (Å²) in [5, 5.41) is 0. The van der Waals surface area contributed by atoms with Crippen molar-refractivity contribution < 1.29 is 22.7 Å². The van der Waals surface area contributed by atoms with Gasteiger partial charge in [0.2, 0.25) is 0 Å². The van der Waals surface area contributed by atoms with Crippen LogP contribution in [0.25, 0.3) is 0 Å². The molecule has 1 aromatic carbocycles. The average molecular weight is 473 g/mol. The number of amides is 1. The molecule has 0 fully saturated rings. The Morgan fingerprint density at radius 1 is 0.848 bits per heavy atom. The van der Waals surface area contributed by atoms with Gasteiger partial charge < -0.3 is 15.4 Å². The number of carbonyl (C=O) groups excluding carboxylic acids is 1. The lowest BCUT2D eigenvalue weighted by Crippen LogP contribution is -2.42. The number of anilines is 1. The highest BCUT2D eigenvalue weighted by Crippen LogP contribution is 2.32. The summed E-state index contributed by atoms with van der Waals surface area (Å²) in [4.78, 5) is 12.9. The second-order valence-corrected chi connectivity index (χ2v) is 8.66. The molecule has 1 aromatic rings. The van der Waals surface area contributed by atoms with Gasteiger partial charge in [0, 0.05) is 6.54 Å². The first-order valence-corrected chi connectivity index (χ1v) is 12.7. The Morgan fingerprint density at radius 2 is 1.39 bits per heavy atom. The van der Waals surface area contributed by atoms with Crippen LogP contribution in [0.4, 0.5) is 18.9 Å². The number of halogens is 3. The molecule has 1 amide bonds. The number of nitrogens with two attached hydrogens (primary N) is 1. The number of hydrogen-bond donors (Lipinski definition) is 1. The lowest BCUT2D eigenvalue weighted by Gasteiger charge is -2.26. The first-order chi connectivity index (χ1) is 15.9. The van der Waals surface area contributed by atoms with Gasteiger partial charge in [-0.2, -0.15) is 13.2 Å². The van der Waals surface area contributed by atoms with Gasteiger partial charge >= 0.3 is 12.1 Å². The molecule has 0 saturated heterocycles. The fraction of sp³-hybridized carbons (Fsp3) is 0.731. The predicted octanol–water partition coefficient (Wildman–Crippen LogP) is 7.40. The van der Waals surface area contributed by atoms with Crippen molar-refractivity contribution in [2.24, 2.45) is 5.73 Å². The van der Waals surface area contributed by atoms with E-state index in [-0.39, 0.29) is 12.2 Å². The zero-order valence-electron chi connectivity index (χ0n) is 20.3. The van der Waals surface area contributed by atoms with Gasteiger partial charge in [-0.15, -0.1) is 0 Å². The van der Waals surface area contributed by atoms with Crippen LogP contribution in [0.1, 0.15) is 96.8 Å². The predicted molar refractivity (Wildman–Crippen MR) is 130 cm³/mol. The van der Waals surface area contributed by atoms with Crippen LogP contribution in [-0.4, -0.2) is 31.8 Å². The monoisotopic (exact) mass is 472 g/mol. The molecule has 0 saturated carbocycles. The molecule has 1 rings (SSSR count). The van der Waals surface area contributed by atoms with Crippen LogP contribution >= 0.6 is 0 Å². The number of nitrogens with zero attached hydrogens (tertiary/aromatic N) is 1. The van der Waals surface area contributed by atoms with E-state index in [9.17, 15) is 18.0 Å². The highest BCUT2D eigenvalue weighted by molar-refractivity contribution is 5.98. The van der Waals surface area contributed by atoms with E-state index in [0.29, 0.717) is 25.3 Å². The second-order valence-electron chi connectivity index (χ2n) is 8.66. The number of unbranched alkanes of at least 4 members (excludes halogenated alkanes) is 12. The number of carbonyl (C=O) groups is 1. The van der Waals surface area contributed by atoms with E-state index in [4.69, 9.17) is 10.5 Å². The summed E-state index contributed by atoms with van der Waals surface area (Å²) in [6.45, 7) is 3.21. The third-order valence-electron chi connectivity index (χ3n) is 5.74. The molecule has 0 heterocycles. The fourth-order valence-electron chi connectivity index (χ4n) is 3.83. The summed E-state index contributed by atoms with van der Waals surface area (Å²) >= 11 is 0. The number of benzene rings is 1. The molecule has 7 heteroatoms. The molecule has 4 nitrogen and oxygen atoms in total. The Balaban J connectivity index is 2.53. The van der Waals surface area contributed by atoms with Gasteiger partial charge in [0.25, 0.3) is 0 Å². The lowest BCUT2D eigenvalue weighted by atomic mass is 10.1. The molecule has 0 spiro atoms. The van der Waals surface area contributed by atoms with Gasteiger partial charge in [-0.1, -0.05) is 89.7 Å². The molecular formula is C26H43F3N2O2. The van der Waals surface area contributed by atoms with E-state index in [1.54, 1.807) is 18.2 Å². The summed E-state index contributed by atoms with van der Waals surface area (Å²) < 4.78 is 45.5. The maximum atomic E-state index is 13.2. The fourth-order valence-corrected chi connectivity index (χ4v) is 3.83. The quantitative estimate of drug-likeness (QED) is 0.213. The SMILES string of the molecule is CCCCCCCCCCCCOc1ccccc1N(CCCCCCN)C(=O)C(F)(F)F. The average Bonchev–Trinajstić information content (AvgIpc) is 2.79. The van der Waals surface area contributed by atoms with Crippen molar-refractivity contribution in [3.63, 3.8) is 0 Å². The number of alkyl halides is 3. The maximum absolute atomic E-state index is 13.2. The standard InChI is InChI=1S/C26H43F3N2O2/c1-2-3-4-5-6-7-8-9-12-17-22-33-24-19-14-13-18-23(24)31(25(32)26(27,28)29)21-16-11-10-15-20-30/h13-14,18-19H,2-12,15-17,20-22,30H2,1H3. The Kier molecular flexibility index (Phi) is 15.7. The molecule has 0 aliphatic rings. The van der Waals surface area contributed by atoms with Crippen LogP contribution in [-0.2, 0) is 4.79 Å². The highest BCUT2D eigenvalue weighted by atomic mass is 19.4. The normalized spacial score (nSPS) is 11.5. The van der Waals surface area contributed by atoms with Crippen LogP contribution < -0.4 is 15.4 Å². The van der Waals surface area contributed by atoms with Gasteiger partial charge in [0.15, 0.2) is 0 Å². The van der Waals surface area contributed by atoms with E-state index in [1.807, 2.05) is 0 Å². The zero-order chi connectivity index (χ0) is 24.4. The molecule has 0 radical (unpaired) electrons. The summed E-state index contributed by atoms with van der Waals surface area (Å²) in [5.74, 6) is -1.52. The van der Waals surface area contributed by atoms with Crippen LogP contribution in [0.3, 0.4) is 0 Å². The van der Waals surface area contributed by atoms with E-state index >= 15 is 0 Å². The number of para-hydroxylation sites is 2. The minimum atomic E-state index is -4.93. The van der Waals surface area contributed by atoms with Crippen molar-refractivity contribution >= 4 is 11.6 Å². The molecule has 0 aliphatic carbocycles. The van der Waals surface area contributed by atoms with Crippen molar-refractivity contribution in [2.45, 2.75) is 103 Å². The number of ether oxygens (including phenoxy) is 1. The zero-order valence-corrected chi connectivity index (χ0v) is 20.3. The molecule has 0 unspecified atom stereocenters. The molecule has 0 atom stereocenters. The Labute approximate surface area is 198 Å². The first-order valence-electron chi connectivity index (χ1n) is 12.7. The van der Waals surface area contributed by atoms with Gasteiger partial charge in [0.05, 0.1) is 12.3 Å². The van der Waals surface area contributed by atoms with Crippen molar-refractivity contribution in [3.8, 4) is 5.75 Å². The van der Waals surface area contributed by atoms with Crippen molar-refractivity contribution in [1.82, 2.24) is 0 Å². The van der Waals surface area contributed by atoms with E-state index in [1.165, 1.54) is 51.0 Å². The molecule has 0 aliphatic heterocycles. The largest absolute Gasteiger partial charge is 0.491 e. The summed E-state index contributed by atoms with van der Waals surface area (Å²) in [7, 11) is 0. The van der Waals surface area contributed by atoms with Crippen molar-refractivity contribution in [2.75, 3.05) is 24.6 Å². The summed E-state index contributed by atoms with van der Waals surface area (Å²) in [5.41, 5.74) is 5.66. The third-order valence-corrected chi connectivity index (χ3v) is 5.74. The first kappa shape index (κ1) is 29.3. The summed E-state index contributed by atoms with van der Waals surface area (Å²) in [6, 6.07) is 6.51. The van der Waals surface area contributed by atoms with E-state index in [2.05, 4.69) is 6.92 Å². The molecular weight excluding hydrogens is 429 g/mol. The van der Waals surface area contributed by atoms with Gasteiger partial charge in [-0.3, -0.25) is 4.79 Å². The number of rotatable bonds is 19. The maximum Gasteiger partial charge on any atom is 0.471 e. The van der Waals surface area contributed by atoms with Crippen molar-refractivity contribution in [1.29, 1.82) is 0 Å². The molecule has 190 valence electrons. The Morgan fingerprint density at radius 3 is 2.00 bits per heavy atom. The highest BCUT2D eigenvalue weighted by Gasteiger charge is 2.43. The topological polar surface area (TPSA) is 55.6 Å². The third kappa shape index (κ3) is 12.9. The Bertz CT molecular complexity index is 638. The molecule has 0 aromatic heterocycles. The molecule has 0 bridgehead atoms. The van der Waals surface area contributed by atoms with Crippen LogP contribution in [0.15, 0.2) is 24.3 Å². The summed E-state index contributed by atoms with van der Waals surface area (Å²) in [6.07, 6.45) is 9.93. The van der Waals surface area contributed by atoms with Gasteiger partial charge in [0.1, 0.15) is 5.75 Å². The Hall–Kier alpha value is -1.76. The molecule has 2 N–H and O–H groups in total. The van der Waals surface area contributed by atoms with Gasteiger partial charge in [-0.25, -0.2) is 0 Å². The lowest BCUT2D eigenvalue weighted by molar-refractivity contribution is -0.170. The van der Waals surface area contributed by atoms with Crippen LogP contribution in [0, 0.1) is 0 Å². The van der Waals surface area contributed by atoms with Crippen molar-refractivity contribution in [3.05, 3.63) is 24.3 Å². The smallest absolute Gasteiger partial charge is 0.471 e. The minimum absolute atomic E-state index is 0.00153. The minimum Gasteiger partial charge on any atom is -0.491 e. The van der Waals surface area contributed by atoms with Gasteiger partial charge in [-0.05, 0) is 37.9 Å². The van der Waals surface area contributed by atoms with E-state index in [0.717, 1.165) is 43.4 Å². The van der Waals surface area contributed by atoms with Crippen LogP contribution in [0.5, 0.6) is 5.75 Å².